The van der Waals surface area contributed by atoms with E-state index < -0.39 is 10.0 Å². The quantitative estimate of drug-likeness (QED) is 0.716. The lowest BCUT2D eigenvalue weighted by Crippen LogP contribution is -2.42. The molecule has 2 aromatic carbocycles. The number of carbonyl (C=O) groups is 1. The van der Waals surface area contributed by atoms with Gasteiger partial charge >= 0.3 is 0 Å². The smallest absolute Gasteiger partial charge is 0.244 e. The van der Waals surface area contributed by atoms with E-state index in [9.17, 15) is 13.2 Å². The molecule has 0 saturated carbocycles. The number of amides is 1. The van der Waals surface area contributed by atoms with Crippen molar-refractivity contribution >= 4 is 21.6 Å². The van der Waals surface area contributed by atoms with Crippen LogP contribution in [0.4, 0.5) is 5.69 Å². The SMILES string of the molecule is CC(=O)Nc1ccc(S(=O)(=O)N2CCn3cccc3C2c2ccc(C)cc2)cc1. The molecule has 1 unspecified atom stereocenters. The van der Waals surface area contributed by atoms with Gasteiger partial charge in [0.25, 0.3) is 0 Å². The zero-order valence-electron chi connectivity index (χ0n) is 16.4. The van der Waals surface area contributed by atoms with Crippen LogP contribution in [0.15, 0.2) is 71.8 Å². The van der Waals surface area contributed by atoms with Crippen LogP contribution in [0.2, 0.25) is 0 Å². The Bertz CT molecular complexity index is 1130. The standard InChI is InChI=1S/C22H23N3O3S/c1-16-5-7-18(8-6-16)22-21-4-3-13-24(21)14-15-25(22)29(27,28)20-11-9-19(10-12-20)23-17(2)26/h3-13,22H,14-15H2,1-2H3,(H,23,26). The lowest BCUT2D eigenvalue weighted by Gasteiger charge is -2.36. The minimum atomic E-state index is -3.73. The van der Waals surface area contributed by atoms with Crippen molar-refractivity contribution in [3.05, 3.63) is 83.7 Å². The van der Waals surface area contributed by atoms with Crippen molar-refractivity contribution in [2.45, 2.75) is 31.3 Å². The van der Waals surface area contributed by atoms with Gasteiger partial charge in [-0.15, -0.1) is 0 Å². The van der Waals surface area contributed by atoms with Crippen LogP contribution in [0.1, 0.15) is 29.8 Å². The van der Waals surface area contributed by atoms with Gasteiger partial charge in [-0.2, -0.15) is 4.31 Å². The first-order chi connectivity index (χ1) is 13.9. The monoisotopic (exact) mass is 409 g/mol. The van der Waals surface area contributed by atoms with E-state index in [0.29, 0.717) is 18.8 Å². The first kappa shape index (κ1) is 19.4. The molecule has 0 bridgehead atoms. The molecule has 0 fully saturated rings. The third-order valence-electron chi connectivity index (χ3n) is 5.17. The summed E-state index contributed by atoms with van der Waals surface area (Å²) in [6, 6.07) is 17.8. The van der Waals surface area contributed by atoms with Gasteiger partial charge in [-0.05, 0) is 48.9 Å². The third-order valence-corrected chi connectivity index (χ3v) is 7.05. The molecule has 3 aromatic rings. The average Bonchev–Trinajstić information content (AvgIpc) is 3.17. The fraction of sp³-hybridized carbons (Fsp3) is 0.227. The molecule has 1 N–H and O–H groups in total. The number of nitrogens with zero attached hydrogens (tertiary/aromatic N) is 2. The van der Waals surface area contributed by atoms with Gasteiger partial charge in [0.15, 0.2) is 0 Å². The Morgan fingerprint density at radius 2 is 1.69 bits per heavy atom. The molecule has 0 radical (unpaired) electrons. The molecule has 150 valence electrons. The van der Waals surface area contributed by atoms with Crippen molar-refractivity contribution in [2.24, 2.45) is 0 Å². The largest absolute Gasteiger partial charge is 0.348 e. The van der Waals surface area contributed by atoms with E-state index in [0.717, 1.165) is 16.8 Å². The molecule has 0 saturated heterocycles. The molecular formula is C22H23N3O3S. The van der Waals surface area contributed by atoms with Gasteiger partial charge in [0.2, 0.25) is 15.9 Å². The number of hydrogen-bond donors (Lipinski definition) is 1. The van der Waals surface area contributed by atoms with E-state index in [-0.39, 0.29) is 16.8 Å². The second-order valence-electron chi connectivity index (χ2n) is 7.26. The van der Waals surface area contributed by atoms with Crippen molar-refractivity contribution in [1.82, 2.24) is 8.87 Å². The molecule has 7 heteroatoms. The van der Waals surface area contributed by atoms with E-state index in [2.05, 4.69) is 9.88 Å². The van der Waals surface area contributed by atoms with Gasteiger partial charge in [-0.1, -0.05) is 29.8 Å². The zero-order valence-corrected chi connectivity index (χ0v) is 17.2. The molecule has 1 aliphatic heterocycles. The van der Waals surface area contributed by atoms with E-state index in [1.54, 1.807) is 28.6 Å². The number of sulfonamides is 1. The predicted molar refractivity (Wildman–Crippen MR) is 112 cm³/mol. The Morgan fingerprint density at radius 3 is 2.34 bits per heavy atom. The number of aryl methyl sites for hydroxylation is 1. The number of nitrogens with one attached hydrogen (secondary N) is 1. The highest BCUT2D eigenvalue weighted by atomic mass is 32.2. The number of rotatable bonds is 4. The van der Waals surface area contributed by atoms with E-state index in [1.165, 1.54) is 6.92 Å². The van der Waals surface area contributed by atoms with Crippen LogP contribution in [0.3, 0.4) is 0 Å². The first-order valence-electron chi connectivity index (χ1n) is 9.47. The molecule has 1 aliphatic rings. The van der Waals surface area contributed by atoms with Crippen LogP contribution in [-0.4, -0.2) is 29.7 Å². The van der Waals surface area contributed by atoms with Crippen LogP contribution in [0, 0.1) is 6.92 Å². The van der Waals surface area contributed by atoms with Crippen LogP contribution in [0.5, 0.6) is 0 Å². The maximum absolute atomic E-state index is 13.5. The number of hydrogen-bond acceptors (Lipinski definition) is 3. The highest BCUT2D eigenvalue weighted by Crippen LogP contribution is 2.36. The molecule has 4 rings (SSSR count). The number of fused-ring (bicyclic) bond motifs is 1. The van der Waals surface area contributed by atoms with Crippen LogP contribution in [-0.2, 0) is 21.4 Å². The van der Waals surface area contributed by atoms with Crippen molar-refractivity contribution in [3.8, 4) is 0 Å². The van der Waals surface area contributed by atoms with Gasteiger partial charge in [0.1, 0.15) is 0 Å². The molecule has 1 aromatic heterocycles. The normalized spacial score (nSPS) is 17.0. The Morgan fingerprint density at radius 1 is 1.00 bits per heavy atom. The summed E-state index contributed by atoms with van der Waals surface area (Å²) in [4.78, 5) is 11.4. The highest BCUT2D eigenvalue weighted by molar-refractivity contribution is 7.89. The lowest BCUT2D eigenvalue weighted by atomic mass is 10.0. The Balaban J connectivity index is 1.75. The summed E-state index contributed by atoms with van der Waals surface area (Å²) in [6.07, 6.45) is 1.99. The molecule has 0 aliphatic carbocycles. The van der Waals surface area contributed by atoms with Gasteiger partial charge in [0, 0.05) is 37.6 Å². The highest BCUT2D eigenvalue weighted by Gasteiger charge is 2.37. The summed E-state index contributed by atoms with van der Waals surface area (Å²) in [5, 5.41) is 2.66. The Kier molecular flexibility index (Phi) is 5.02. The van der Waals surface area contributed by atoms with Gasteiger partial charge in [-0.25, -0.2) is 8.42 Å². The zero-order chi connectivity index (χ0) is 20.6. The molecule has 1 amide bonds. The summed E-state index contributed by atoms with van der Waals surface area (Å²) >= 11 is 0. The van der Waals surface area contributed by atoms with Crippen LogP contribution < -0.4 is 5.32 Å². The Labute approximate surface area is 170 Å². The second-order valence-corrected chi connectivity index (χ2v) is 9.15. The maximum Gasteiger partial charge on any atom is 0.244 e. The fourth-order valence-electron chi connectivity index (χ4n) is 3.76. The molecule has 0 spiro atoms. The summed E-state index contributed by atoms with van der Waals surface area (Å²) in [5.41, 5.74) is 3.59. The minimum Gasteiger partial charge on any atom is -0.348 e. The minimum absolute atomic E-state index is 0.197. The van der Waals surface area contributed by atoms with Crippen molar-refractivity contribution in [2.75, 3.05) is 11.9 Å². The summed E-state index contributed by atoms with van der Waals surface area (Å²) in [6.45, 7) is 4.42. The van der Waals surface area contributed by atoms with E-state index in [4.69, 9.17) is 0 Å². The van der Waals surface area contributed by atoms with Crippen molar-refractivity contribution < 1.29 is 13.2 Å². The van der Waals surface area contributed by atoms with Gasteiger partial charge < -0.3 is 9.88 Å². The van der Waals surface area contributed by atoms with Gasteiger partial charge in [0.05, 0.1) is 10.9 Å². The van der Waals surface area contributed by atoms with Crippen LogP contribution in [0.25, 0.3) is 0 Å². The first-order valence-corrected chi connectivity index (χ1v) is 10.9. The number of anilines is 1. The summed E-state index contributed by atoms with van der Waals surface area (Å²) in [7, 11) is -3.73. The molecule has 2 heterocycles. The predicted octanol–water partition coefficient (Wildman–Crippen LogP) is 3.55. The summed E-state index contributed by atoms with van der Waals surface area (Å²) < 4.78 is 30.7. The van der Waals surface area contributed by atoms with Gasteiger partial charge in [-0.3, -0.25) is 4.79 Å². The molecule has 6 nitrogen and oxygen atoms in total. The van der Waals surface area contributed by atoms with E-state index >= 15 is 0 Å². The molecular weight excluding hydrogens is 386 g/mol. The molecule has 29 heavy (non-hydrogen) atoms. The Hall–Kier alpha value is -2.90. The molecule has 1 atom stereocenters. The third kappa shape index (κ3) is 3.71. The maximum atomic E-state index is 13.5. The number of aromatic nitrogens is 1. The van der Waals surface area contributed by atoms with Crippen LogP contribution >= 0.6 is 0 Å². The van der Waals surface area contributed by atoms with Crippen molar-refractivity contribution in [3.63, 3.8) is 0 Å². The number of benzene rings is 2. The number of carbonyl (C=O) groups excluding carboxylic acids is 1. The topological polar surface area (TPSA) is 71.4 Å². The fourth-order valence-corrected chi connectivity index (χ4v) is 5.34. The lowest BCUT2D eigenvalue weighted by molar-refractivity contribution is -0.114. The van der Waals surface area contributed by atoms with Crippen molar-refractivity contribution in [1.29, 1.82) is 0 Å². The average molecular weight is 410 g/mol. The van der Waals surface area contributed by atoms with E-state index in [1.807, 2.05) is 49.5 Å². The second kappa shape index (κ2) is 7.50. The summed E-state index contributed by atoms with van der Waals surface area (Å²) in [5.74, 6) is -0.197.